The molecule has 1 aliphatic rings. The lowest BCUT2D eigenvalue weighted by Gasteiger charge is -2.26. The van der Waals surface area contributed by atoms with E-state index >= 15 is 0 Å². The molecule has 1 saturated heterocycles. The van der Waals surface area contributed by atoms with Crippen molar-refractivity contribution in [3.8, 4) is 5.75 Å². The maximum absolute atomic E-state index is 10.8. The summed E-state index contributed by atoms with van der Waals surface area (Å²) in [5.74, 6) is -0.838. The molecule has 0 saturated carbocycles. The lowest BCUT2D eigenvalue weighted by molar-refractivity contribution is 0.0338. The van der Waals surface area contributed by atoms with Crippen molar-refractivity contribution in [1.82, 2.24) is 4.90 Å². The van der Waals surface area contributed by atoms with Gasteiger partial charge in [-0.3, -0.25) is 4.90 Å². The number of carbonyl (C=O) groups is 1. The molecular weight excluding hydrogens is 238 g/mol. The molecule has 0 unspecified atom stereocenters. The summed E-state index contributed by atoms with van der Waals surface area (Å²) >= 11 is 0. The van der Waals surface area contributed by atoms with Crippen LogP contribution in [0.15, 0.2) is 18.2 Å². The Morgan fingerprint density at radius 3 is 2.61 bits per heavy atom. The molecule has 0 amide bonds. The van der Waals surface area contributed by atoms with Gasteiger partial charge in [-0.15, -0.1) is 0 Å². The van der Waals surface area contributed by atoms with Gasteiger partial charge in [0.1, 0.15) is 5.75 Å². The fourth-order valence-corrected chi connectivity index (χ4v) is 1.85. The monoisotopic (exact) mass is 255 g/mol. The molecule has 1 heterocycles. The number of phenols is 1. The van der Waals surface area contributed by atoms with Crippen LogP contribution in [0, 0.1) is 0 Å². The number of ether oxygens (including phenoxy) is 1. The number of carboxylic acid groups (broad SMARTS) is 1. The second kappa shape index (κ2) is 6.34. The fraction of sp³-hybridized carbons (Fsp3) is 0.417. The minimum atomic E-state index is -0.978. The normalized spacial score (nSPS) is 16.0. The average molecular weight is 255 g/mol. The highest BCUT2D eigenvalue weighted by atomic mass is 16.5. The third-order valence-corrected chi connectivity index (χ3v) is 2.82. The summed E-state index contributed by atoms with van der Waals surface area (Å²) in [5.41, 5.74) is 0.845. The first-order valence-corrected chi connectivity index (χ1v) is 5.52. The Morgan fingerprint density at radius 2 is 2.00 bits per heavy atom. The number of carboxylic acids is 1. The Morgan fingerprint density at radius 1 is 1.33 bits per heavy atom. The lowest BCUT2D eigenvalue weighted by Crippen LogP contribution is -2.35. The first kappa shape index (κ1) is 14.4. The summed E-state index contributed by atoms with van der Waals surface area (Å²) in [6, 6.07) is 4.35. The number of hydrogen-bond acceptors (Lipinski definition) is 4. The van der Waals surface area contributed by atoms with Gasteiger partial charge >= 0.3 is 5.97 Å². The molecule has 6 nitrogen and oxygen atoms in total. The number of hydrogen-bond donors (Lipinski definition) is 2. The van der Waals surface area contributed by atoms with Crippen molar-refractivity contribution in [3.05, 3.63) is 29.3 Å². The van der Waals surface area contributed by atoms with Gasteiger partial charge < -0.3 is 20.4 Å². The van der Waals surface area contributed by atoms with Gasteiger partial charge in [-0.2, -0.15) is 0 Å². The molecule has 100 valence electrons. The zero-order valence-electron chi connectivity index (χ0n) is 9.93. The van der Waals surface area contributed by atoms with Crippen molar-refractivity contribution in [2.45, 2.75) is 6.54 Å². The predicted molar refractivity (Wildman–Crippen MR) is 64.8 cm³/mol. The molecule has 1 fully saturated rings. The molecule has 0 aromatic heterocycles. The van der Waals surface area contributed by atoms with E-state index in [-0.39, 0.29) is 16.8 Å². The van der Waals surface area contributed by atoms with E-state index in [4.69, 9.17) is 9.84 Å². The van der Waals surface area contributed by atoms with Gasteiger partial charge in [-0.1, -0.05) is 0 Å². The first-order valence-electron chi connectivity index (χ1n) is 5.52. The van der Waals surface area contributed by atoms with Gasteiger partial charge in [0.05, 0.1) is 18.8 Å². The Balaban J connectivity index is 0.00000162. The fourth-order valence-electron chi connectivity index (χ4n) is 1.85. The zero-order valence-corrected chi connectivity index (χ0v) is 9.93. The van der Waals surface area contributed by atoms with E-state index < -0.39 is 5.97 Å². The number of benzene rings is 1. The zero-order chi connectivity index (χ0) is 12.3. The summed E-state index contributed by atoms with van der Waals surface area (Å²) < 4.78 is 5.23. The smallest absolute Gasteiger partial charge is 0.335 e. The van der Waals surface area contributed by atoms with E-state index in [9.17, 15) is 9.90 Å². The molecule has 2 rings (SSSR count). The molecule has 4 N–H and O–H groups in total. The van der Waals surface area contributed by atoms with E-state index in [2.05, 4.69) is 4.90 Å². The third-order valence-electron chi connectivity index (χ3n) is 2.82. The average Bonchev–Trinajstić information content (AvgIpc) is 2.33. The van der Waals surface area contributed by atoms with Crippen LogP contribution in [0.4, 0.5) is 0 Å². The molecular formula is C12H17NO5. The van der Waals surface area contributed by atoms with Crippen LogP contribution in [0.2, 0.25) is 0 Å². The quantitative estimate of drug-likeness (QED) is 0.797. The number of morpholine rings is 1. The van der Waals surface area contributed by atoms with Gasteiger partial charge in [-0.05, 0) is 18.2 Å². The number of rotatable bonds is 3. The Hall–Kier alpha value is -1.63. The van der Waals surface area contributed by atoms with Gasteiger partial charge in [0, 0.05) is 25.2 Å². The second-order valence-electron chi connectivity index (χ2n) is 4.04. The third kappa shape index (κ3) is 3.43. The van der Waals surface area contributed by atoms with Gasteiger partial charge in [-0.25, -0.2) is 4.79 Å². The molecule has 0 spiro atoms. The SMILES string of the molecule is O.O=C(O)c1ccc(O)c(CN2CCOCC2)c1. The highest BCUT2D eigenvalue weighted by Gasteiger charge is 2.14. The number of phenolic OH excluding ortho intramolecular Hbond substituents is 1. The van der Waals surface area contributed by atoms with E-state index in [0.29, 0.717) is 25.3 Å². The summed E-state index contributed by atoms with van der Waals surface area (Å²) in [6.07, 6.45) is 0. The molecule has 1 aromatic carbocycles. The number of nitrogens with zero attached hydrogens (tertiary/aromatic N) is 1. The Bertz CT molecular complexity index is 415. The van der Waals surface area contributed by atoms with Crippen LogP contribution in [-0.4, -0.2) is 52.9 Å². The van der Waals surface area contributed by atoms with Crippen molar-refractivity contribution < 1.29 is 25.2 Å². The van der Waals surface area contributed by atoms with E-state index in [1.807, 2.05) is 0 Å². The summed E-state index contributed by atoms with van der Waals surface area (Å²) in [4.78, 5) is 13.0. The predicted octanol–water partition coefficient (Wildman–Crippen LogP) is 0.0979. The summed E-state index contributed by atoms with van der Waals surface area (Å²) in [7, 11) is 0. The Labute approximate surface area is 105 Å². The Kier molecular flexibility index (Phi) is 5.08. The number of aromatic hydroxyl groups is 1. The summed E-state index contributed by atoms with van der Waals surface area (Å²) in [6.45, 7) is 3.52. The minimum Gasteiger partial charge on any atom is -0.508 e. The van der Waals surface area contributed by atoms with Crippen LogP contribution in [0.3, 0.4) is 0 Å². The largest absolute Gasteiger partial charge is 0.508 e. The van der Waals surface area contributed by atoms with Gasteiger partial charge in [0.2, 0.25) is 0 Å². The van der Waals surface area contributed by atoms with E-state index in [1.165, 1.54) is 18.2 Å². The van der Waals surface area contributed by atoms with Crippen LogP contribution in [-0.2, 0) is 11.3 Å². The highest BCUT2D eigenvalue weighted by molar-refractivity contribution is 5.88. The standard InChI is InChI=1S/C12H15NO4.H2O/c14-11-2-1-9(12(15)16)7-10(11)8-13-3-5-17-6-4-13;/h1-2,7,14H,3-6,8H2,(H,15,16);1H2. The number of aromatic carboxylic acids is 1. The minimum absolute atomic E-state index is 0. The highest BCUT2D eigenvalue weighted by Crippen LogP contribution is 2.20. The second-order valence-corrected chi connectivity index (χ2v) is 4.04. The molecule has 6 heteroatoms. The van der Waals surface area contributed by atoms with Crippen LogP contribution in [0.25, 0.3) is 0 Å². The van der Waals surface area contributed by atoms with Crippen molar-refractivity contribution in [3.63, 3.8) is 0 Å². The van der Waals surface area contributed by atoms with Crippen molar-refractivity contribution in [2.75, 3.05) is 26.3 Å². The van der Waals surface area contributed by atoms with Crippen molar-refractivity contribution in [1.29, 1.82) is 0 Å². The van der Waals surface area contributed by atoms with Gasteiger partial charge in [0.15, 0.2) is 0 Å². The maximum atomic E-state index is 10.8. The van der Waals surface area contributed by atoms with Crippen molar-refractivity contribution in [2.24, 2.45) is 0 Å². The van der Waals surface area contributed by atoms with Crippen LogP contribution in [0.1, 0.15) is 15.9 Å². The molecule has 0 radical (unpaired) electrons. The maximum Gasteiger partial charge on any atom is 0.335 e. The van der Waals surface area contributed by atoms with Crippen LogP contribution >= 0.6 is 0 Å². The molecule has 18 heavy (non-hydrogen) atoms. The molecule has 1 aromatic rings. The molecule has 0 aliphatic carbocycles. The van der Waals surface area contributed by atoms with Crippen LogP contribution < -0.4 is 0 Å². The lowest BCUT2D eigenvalue weighted by atomic mass is 10.1. The summed E-state index contributed by atoms with van der Waals surface area (Å²) in [5, 5.41) is 18.6. The molecule has 0 bridgehead atoms. The topological polar surface area (TPSA) is 102 Å². The van der Waals surface area contributed by atoms with E-state index in [1.54, 1.807) is 0 Å². The van der Waals surface area contributed by atoms with E-state index in [0.717, 1.165) is 13.1 Å². The molecule has 0 atom stereocenters. The van der Waals surface area contributed by atoms with Gasteiger partial charge in [0.25, 0.3) is 0 Å². The van der Waals surface area contributed by atoms with Crippen LogP contribution in [0.5, 0.6) is 5.75 Å². The first-order chi connectivity index (χ1) is 8.16. The van der Waals surface area contributed by atoms with Crippen molar-refractivity contribution >= 4 is 5.97 Å². The molecule has 1 aliphatic heterocycles.